The fourth-order valence-corrected chi connectivity index (χ4v) is 13.5. The number of thioether (sulfide) groups is 1. The zero-order chi connectivity index (χ0) is 35.5. The van der Waals surface area contributed by atoms with Gasteiger partial charge in [-0.05, 0) is 0 Å². The quantitative estimate of drug-likeness (QED) is 0.0731. The first-order chi connectivity index (χ1) is 25.5. The third-order valence-electron chi connectivity index (χ3n) is 9.80. The minimum absolute atomic E-state index is 0.0593. The standard InChI is InChI=1S/C42H37N2O6PS/c1-47-32-20-17-29(18-21-32)25-48-42(46)39-31(27-52-41-38(40(45)44(39)41)43-24-30-19-22-36-37(23-30)50-28-49-36)26-51(33-11-5-2-6-12-33,34-13-7-3-8-14-34)35-15-9-4-10-16-35/h2-24,38,41,51H,25-28H2,1H3/t38-,41+/m1/s1. The number of β-lactam (4-membered cyclic amide) rings is 1. The van der Waals surface area contributed by atoms with Gasteiger partial charge in [-0.2, -0.15) is 0 Å². The van der Waals surface area contributed by atoms with E-state index in [2.05, 4.69) is 72.8 Å². The molecule has 0 bridgehead atoms. The number of ether oxygens (including phenoxy) is 4. The van der Waals surface area contributed by atoms with Crippen molar-refractivity contribution in [2.75, 3.05) is 25.8 Å². The van der Waals surface area contributed by atoms with Gasteiger partial charge in [0.2, 0.25) is 6.79 Å². The fraction of sp³-hybridized carbons (Fsp3) is 0.167. The van der Waals surface area contributed by atoms with E-state index in [-0.39, 0.29) is 24.7 Å². The number of esters is 1. The average Bonchev–Trinajstić information content (AvgIpc) is 3.68. The van der Waals surface area contributed by atoms with Crippen LogP contribution in [0, 0.1) is 0 Å². The van der Waals surface area contributed by atoms with Crippen LogP contribution in [-0.4, -0.2) is 60.2 Å². The topological polar surface area (TPSA) is 86.7 Å². The van der Waals surface area contributed by atoms with Crippen LogP contribution in [0.1, 0.15) is 11.1 Å². The maximum atomic E-state index is 14.4. The molecule has 5 aromatic rings. The van der Waals surface area contributed by atoms with Crippen molar-refractivity contribution in [1.29, 1.82) is 0 Å². The van der Waals surface area contributed by atoms with Crippen molar-refractivity contribution >= 4 is 53.0 Å². The molecule has 1 amide bonds. The molecule has 0 spiro atoms. The summed E-state index contributed by atoms with van der Waals surface area (Å²) in [5.74, 6) is 1.86. The number of benzene rings is 5. The first-order valence-electron chi connectivity index (χ1n) is 17.1. The van der Waals surface area contributed by atoms with Crippen molar-refractivity contribution in [3.63, 3.8) is 0 Å². The zero-order valence-electron chi connectivity index (χ0n) is 28.5. The molecule has 262 valence electrons. The van der Waals surface area contributed by atoms with Crippen LogP contribution in [0.2, 0.25) is 0 Å². The second kappa shape index (κ2) is 14.7. The molecule has 3 aliphatic rings. The Labute approximate surface area is 307 Å². The van der Waals surface area contributed by atoms with Crippen molar-refractivity contribution in [1.82, 2.24) is 4.90 Å². The van der Waals surface area contributed by atoms with Gasteiger partial charge < -0.3 is 4.74 Å². The first-order valence-corrected chi connectivity index (χ1v) is 20.4. The van der Waals surface area contributed by atoms with E-state index in [1.807, 2.05) is 60.7 Å². The Morgan fingerprint density at radius 3 is 2.08 bits per heavy atom. The molecular formula is C42H37N2O6PS. The van der Waals surface area contributed by atoms with E-state index in [1.165, 1.54) is 15.9 Å². The van der Waals surface area contributed by atoms with Crippen LogP contribution < -0.4 is 30.1 Å². The Morgan fingerprint density at radius 2 is 1.46 bits per heavy atom. The number of hydrogen-bond donors (Lipinski definition) is 0. The summed E-state index contributed by atoms with van der Waals surface area (Å²) >= 11 is 1.64. The number of carbonyl (C=O) groups excluding carboxylic acids is 2. The summed E-state index contributed by atoms with van der Waals surface area (Å²) in [5, 5.41) is 3.32. The van der Waals surface area contributed by atoms with Gasteiger partial charge in [0.25, 0.3) is 0 Å². The number of aliphatic imine (C=N–C) groups is 1. The number of methoxy groups -OCH3 is 1. The number of carbonyl (C=O) groups is 2. The van der Waals surface area contributed by atoms with Crippen molar-refractivity contribution in [2.24, 2.45) is 4.99 Å². The fourth-order valence-electron chi connectivity index (χ4n) is 7.18. The molecule has 5 aromatic carbocycles. The van der Waals surface area contributed by atoms with Crippen LogP contribution in [0.4, 0.5) is 0 Å². The molecule has 3 aliphatic heterocycles. The van der Waals surface area contributed by atoms with E-state index in [0.29, 0.717) is 29.1 Å². The van der Waals surface area contributed by atoms with Crippen LogP contribution in [0.3, 0.4) is 0 Å². The van der Waals surface area contributed by atoms with Crippen molar-refractivity contribution < 1.29 is 28.5 Å². The molecule has 0 radical (unpaired) electrons. The Hall–Kier alpha value is -5.37. The average molecular weight is 729 g/mol. The van der Waals surface area contributed by atoms with Gasteiger partial charge in [-0.25, -0.2) is 0 Å². The van der Waals surface area contributed by atoms with Crippen LogP contribution in [-0.2, 0) is 20.9 Å². The van der Waals surface area contributed by atoms with Crippen molar-refractivity contribution in [3.05, 3.63) is 156 Å². The molecule has 8 rings (SSSR count). The summed E-state index contributed by atoms with van der Waals surface area (Å²) in [6, 6.07) is 44.1. The zero-order valence-corrected chi connectivity index (χ0v) is 30.3. The van der Waals surface area contributed by atoms with E-state index in [0.717, 1.165) is 22.4 Å². The van der Waals surface area contributed by atoms with Gasteiger partial charge in [-0.3, -0.25) is 0 Å². The third kappa shape index (κ3) is 6.35. The predicted octanol–water partition coefficient (Wildman–Crippen LogP) is 5.85. The SMILES string of the molecule is COc1ccc(COC(=O)C2=C(C[PH](c3ccccc3)(c3ccccc3)c3ccccc3)CS[C@H]3[C@H](N=Cc4ccc5c(c4)OCO5)C(=O)N23)cc1. The molecule has 52 heavy (non-hydrogen) atoms. The van der Waals surface area contributed by atoms with Gasteiger partial charge in [-0.15, -0.1) is 0 Å². The Morgan fingerprint density at radius 1 is 0.846 bits per heavy atom. The van der Waals surface area contributed by atoms with Crippen molar-refractivity contribution in [2.45, 2.75) is 18.0 Å². The van der Waals surface area contributed by atoms with Gasteiger partial charge in [0.05, 0.1) is 0 Å². The molecule has 0 unspecified atom stereocenters. The molecule has 2 atom stereocenters. The second-order valence-electron chi connectivity index (χ2n) is 12.8. The Bertz CT molecular complexity index is 2050. The third-order valence-corrected chi connectivity index (χ3v) is 16.0. The second-order valence-corrected chi connectivity index (χ2v) is 17.8. The predicted molar refractivity (Wildman–Crippen MR) is 208 cm³/mol. The molecule has 8 nitrogen and oxygen atoms in total. The summed E-state index contributed by atoms with van der Waals surface area (Å²) in [6.07, 6.45) is 2.29. The summed E-state index contributed by atoms with van der Waals surface area (Å²) in [5.41, 5.74) is 2.85. The number of hydrogen-bond acceptors (Lipinski definition) is 8. The van der Waals surface area contributed by atoms with Gasteiger partial charge in [0.1, 0.15) is 0 Å². The number of nitrogens with zero attached hydrogens (tertiary/aromatic N) is 2. The summed E-state index contributed by atoms with van der Waals surface area (Å²) in [7, 11) is -1.20. The molecule has 0 aromatic heterocycles. The van der Waals surface area contributed by atoms with Gasteiger partial charge in [-0.1, -0.05) is 0 Å². The van der Waals surface area contributed by atoms with Gasteiger partial charge in [0.15, 0.2) is 0 Å². The van der Waals surface area contributed by atoms with Crippen LogP contribution in [0.5, 0.6) is 17.2 Å². The Balaban J connectivity index is 1.19. The molecular weight excluding hydrogens is 692 g/mol. The van der Waals surface area contributed by atoms with E-state index in [1.54, 1.807) is 30.0 Å². The molecule has 3 heterocycles. The summed E-state index contributed by atoms with van der Waals surface area (Å²) < 4.78 is 22.3. The molecule has 0 N–H and O–H groups in total. The van der Waals surface area contributed by atoms with Crippen LogP contribution >= 0.6 is 19.0 Å². The molecule has 10 heteroatoms. The molecule has 1 fully saturated rings. The monoisotopic (exact) mass is 728 g/mol. The normalized spacial score (nSPS) is 18.2. The number of fused-ring (bicyclic) bond motifs is 2. The summed E-state index contributed by atoms with van der Waals surface area (Å²) in [6.45, 7) is 0.240. The van der Waals surface area contributed by atoms with Crippen LogP contribution in [0.15, 0.2) is 150 Å². The number of rotatable bonds is 11. The maximum absolute atomic E-state index is 14.4. The first kappa shape index (κ1) is 33.8. The molecule has 1 saturated heterocycles. The van der Waals surface area contributed by atoms with Crippen LogP contribution in [0.25, 0.3) is 0 Å². The summed E-state index contributed by atoms with van der Waals surface area (Å²) in [4.78, 5) is 34.8. The Kier molecular flexibility index (Phi) is 9.54. The minimum atomic E-state index is -2.81. The van der Waals surface area contributed by atoms with Gasteiger partial charge >= 0.3 is 297 Å². The van der Waals surface area contributed by atoms with E-state index in [9.17, 15) is 9.59 Å². The number of amides is 1. The van der Waals surface area contributed by atoms with E-state index >= 15 is 0 Å². The van der Waals surface area contributed by atoms with E-state index in [4.69, 9.17) is 23.9 Å². The van der Waals surface area contributed by atoms with Gasteiger partial charge in [0, 0.05) is 0 Å². The molecule has 0 saturated carbocycles. The van der Waals surface area contributed by atoms with E-state index < -0.39 is 19.3 Å². The molecule has 0 aliphatic carbocycles. The van der Waals surface area contributed by atoms with Crippen molar-refractivity contribution in [3.8, 4) is 17.2 Å².